The molecule has 0 aromatic heterocycles. The van der Waals surface area contributed by atoms with Gasteiger partial charge in [-0.2, -0.15) is 13.2 Å². The second-order valence-electron chi connectivity index (χ2n) is 6.66. The van der Waals surface area contributed by atoms with Crippen molar-refractivity contribution in [2.45, 2.75) is 39.0 Å². The van der Waals surface area contributed by atoms with Crippen LogP contribution in [0.25, 0.3) is 0 Å². The van der Waals surface area contributed by atoms with E-state index in [4.69, 9.17) is 33.8 Å². The molecule has 0 aliphatic heterocycles. The first-order chi connectivity index (χ1) is 13.8. The van der Waals surface area contributed by atoms with Crippen LogP contribution in [0.2, 0.25) is 10.0 Å². The minimum Gasteiger partial charge on any atom is -0.375 e. The van der Waals surface area contributed by atoms with Gasteiger partial charge in [0.25, 0.3) is 5.60 Å². The lowest BCUT2D eigenvalue weighted by atomic mass is 9.95. The van der Waals surface area contributed by atoms with Gasteiger partial charge in [-0.15, -0.1) is 0 Å². The fourth-order valence-corrected chi connectivity index (χ4v) is 3.17. The molecule has 30 heavy (non-hydrogen) atoms. The van der Waals surface area contributed by atoms with Crippen molar-refractivity contribution in [2.75, 3.05) is 0 Å². The Morgan fingerprint density at radius 2 is 1.73 bits per heavy atom. The monoisotopic (exact) mass is 464 g/mol. The zero-order chi connectivity index (χ0) is 22.9. The number of hydrogen-bond donors (Lipinski definition) is 1. The molecule has 0 aliphatic carbocycles. The highest BCUT2D eigenvalue weighted by Crippen LogP contribution is 2.44. The average molecular weight is 465 g/mol. The molecule has 1 amide bonds. The van der Waals surface area contributed by atoms with Gasteiger partial charge in [-0.3, -0.25) is 4.79 Å². The van der Waals surface area contributed by atoms with E-state index in [1.807, 2.05) is 0 Å². The summed E-state index contributed by atoms with van der Waals surface area (Å²) in [7, 11) is 0. The molecule has 0 saturated carbocycles. The van der Waals surface area contributed by atoms with E-state index in [2.05, 4.69) is 5.16 Å². The van der Waals surface area contributed by atoms with E-state index in [9.17, 15) is 22.4 Å². The molecule has 1 atom stereocenters. The van der Waals surface area contributed by atoms with Crippen molar-refractivity contribution < 1.29 is 27.2 Å². The molecule has 1 unspecified atom stereocenters. The van der Waals surface area contributed by atoms with E-state index in [0.29, 0.717) is 11.1 Å². The molecule has 10 heteroatoms. The highest BCUT2D eigenvalue weighted by atomic mass is 35.5. The zero-order valence-corrected chi connectivity index (χ0v) is 17.7. The van der Waals surface area contributed by atoms with Crippen molar-refractivity contribution >= 4 is 34.8 Å². The van der Waals surface area contributed by atoms with E-state index in [0.717, 1.165) is 19.1 Å². The Hall–Kier alpha value is -2.32. The first kappa shape index (κ1) is 24.0. The smallest absolute Gasteiger partial charge is 0.375 e. The Balaban J connectivity index is 2.51. The maximum absolute atomic E-state index is 13.9. The number of hydrogen-bond acceptors (Lipinski definition) is 3. The van der Waals surface area contributed by atoms with Crippen LogP contribution in [0.1, 0.15) is 47.3 Å². The van der Waals surface area contributed by atoms with E-state index in [-0.39, 0.29) is 17.7 Å². The fourth-order valence-electron chi connectivity index (χ4n) is 2.69. The third-order valence-electron chi connectivity index (χ3n) is 4.57. The number of alkyl halides is 3. The molecule has 0 saturated heterocycles. The molecular formula is C20H18Cl2F4N2O2. The number of amides is 1. The lowest BCUT2D eigenvalue weighted by Gasteiger charge is -2.30. The van der Waals surface area contributed by atoms with E-state index in [1.54, 1.807) is 19.9 Å². The van der Waals surface area contributed by atoms with Crippen LogP contribution in [0.4, 0.5) is 17.6 Å². The van der Waals surface area contributed by atoms with Gasteiger partial charge < -0.3 is 10.6 Å². The third-order valence-corrected chi connectivity index (χ3v) is 5.12. The molecule has 2 aromatic rings. The minimum absolute atomic E-state index is 0.198. The first-order valence-corrected chi connectivity index (χ1v) is 9.45. The molecular weight excluding hydrogens is 447 g/mol. The Bertz CT molecular complexity index is 986. The lowest BCUT2D eigenvalue weighted by Crippen LogP contribution is -2.41. The highest BCUT2D eigenvalue weighted by molar-refractivity contribution is 6.35. The van der Waals surface area contributed by atoms with Gasteiger partial charge in [0.05, 0.1) is 15.8 Å². The number of carbonyl (C=O) groups excluding carboxylic acids is 1. The summed E-state index contributed by atoms with van der Waals surface area (Å²) in [5, 5.41) is 2.58. The Morgan fingerprint density at radius 1 is 1.17 bits per heavy atom. The number of aryl methyl sites for hydroxylation is 1. The molecule has 0 radical (unpaired) electrons. The highest BCUT2D eigenvalue weighted by Gasteiger charge is 2.56. The molecule has 0 spiro atoms. The second-order valence-corrected chi connectivity index (χ2v) is 7.48. The molecule has 0 fully saturated rings. The quantitative estimate of drug-likeness (QED) is 0.241. The largest absolute Gasteiger partial charge is 0.435 e. The Labute approximate surface area is 180 Å². The molecule has 0 heterocycles. The summed E-state index contributed by atoms with van der Waals surface area (Å²) >= 11 is 11.3. The summed E-state index contributed by atoms with van der Waals surface area (Å²) in [6, 6.07) is 6.13. The van der Waals surface area contributed by atoms with Crippen LogP contribution in [0.3, 0.4) is 0 Å². The summed E-state index contributed by atoms with van der Waals surface area (Å²) in [5.74, 6) is -1.66. The van der Waals surface area contributed by atoms with Crippen LogP contribution in [0.15, 0.2) is 35.5 Å². The maximum atomic E-state index is 13.9. The van der Waals surface area contributed by atoms with Crippen molar-refractivity contribution in [3.63, 3.8) is 0 Å². The number of benzene rings is 2. The lowest BCUT2D eigenvalue weighted by molar-refractivity contribution is -0.278. The van der Waals surface area contributed by atoms with Crippen molar-refractivity contribution in [3.05, 3.63) is 68.4 Å². The molecule has 0 aliphatic rings. The van der Waals surface area contributed by atoms with Gasteiger partial charge in [-0.25, -0.2) is 4.39 Å². The number of oxime groups is 1. The summed E-state index contributed by atoms with van der Waals surface area (Å²) in [5.41, 5.74) is 3.29. The van der Waals surface area contributed by atoms with Crippen LogP contribution >= 0.6 is 23.2 Å². The molecule has 2 rings (SSSR count). The maximum Gasteiger partial charge on any atom is 0.435 e. The molecule has 0 bridgehead atoms. The molecule has 4 nitrogen and oxygen atoms in total. The summed E-state index contributed by atoms with van der Waals surface area (Å²) in [4.78, 5) is 16.4. The van der Waals surface area contributed by atoms with Gasteiger partial charge in [-0.05, 0) is 55.7 Å². The van der Waals surface area contributed by atoms with Crippen molar-refractivity contribution in [3.8, 4) is 0 Å². The normalized spacial score (nSPS) is 14.4. The van der Waals surface area contributed by atoms with E-state index >= 15 is 0 Å². The van der Waals surface area contributed by atoms with Crippen LogP contribution in [0.5, 0.6) is 0 Å². The molecule has 162 valence electrons. The van der Waals surface area contributed by atoms with Gasteiger partial charge in [0.15, 0.2) is 5.82 Å². The van der Waals surface area contributed by atoms with Gasteiger partial charge in [0, 0.05) is 11.1 Å². The summed E-state index contributed by atoms with van der Waals surface area (Å²) in [6.07, 6.45) is -4.69. The molecule has 2 N–H and O–H groups in total. The number of primary amides is 1. The third kappa shape index (κ3) is 4.70. The molecule has 2 aromatic carbocycles. The Morgan fingerprint density at radius 3 is 2.17 bits per heavy atom. The number of rotatable bonds is 6. The van der Waals surface area contributed by atoms with Crippen LogP contribution in [-0.2, 0) is 10.4 Å². The minimum atomic E-state index is -4.93. The van der Waals surface area contributed by atoms with Gasteiger partial charge in [0.2, 0.25) is 5.91 Å². The predicted octanol–water partition coefficient (Wildman–Crippen LogP) is 6.15. The predicted molar refractivity (Wildman–Crippen MR) is 107 cm³/mol. The van der Waals surface area contributed by atoms with E-state index in [1.165, 1.54) is 12.1 Å². The first-order valence-electron chi connectivity index (χ1n) is 8.69. The Kier molecular flexibility index (Phi) is 7.04. The van der Waals surface area contributed by atoms with Gasteiger partial charge in [0.1, 0.15) is 0 Å². The van der Waals surface area contributed by atoms with Crippen molar-refractivity contribution in [1.29, 1.82) is 0 Å². The zero-order valence-electron chi connectivity index (χ0n) is 16.2. The van der Waals surface area contributed by atoms with Crippen LogP contribution < -0.4 is 5.73 Å². The van der Waals surface area contributed by atoms with Crippen LogP contribution in [0, 0.1) is 12.7 Å². The van der Waals surface area contributed by atoms with Gasteiger partial charge >= 0.3 is 6.18 Å². The van der Waals surface area contributed by atoms with E-state index < -0.39 is 39.1 Å². The topological polar surface area (TPSA) is 64.7 Å². The number of carbonyl (C=O) groups is 1. The summed E-state index contributed by atoms with van der Waals surface area (Å²) < 4.78 is 55.3. The second kappa shape index (κ2) is 8.81. The van der Waals surface area contributed by atoms with Crippen molar-refractivity contribution in [1.82, 2.24) is 0 Å². The SMILES string of the molecule is CC/C(=N\OC(C)(c1cc(Cl)c(F)c(Cl)c1)C(F)(F)F)c1ccc(C(N)=O)c(C)c1. The average Bonchev–Trinajstić information content (AvgIpc) is 2.64. The number of halogens is 6. The standard InChI is InChI=1S/C20H18Cl2F4N2O2/c1-4-16(11-5-6-13(18(27)29)10(2)7-11)28-30-19(3,20(24,25)26)12-8-14(21)17(23)15(22)9-12/h5-9H,4H2,1-3H3,(H2,27,29)/b28-16+. The van der Waals surface area contributed by atoms with Gasteiger partial charge in [-0.1, -0.05) is 41.3 Å². The number of nitrogens with zero attached hydrogens (tertiary/aromatic N) is 1. The van der Waals surface area contributed by atoms with Crippen LogP contribution in [-0.4, -0.2) is 17.8 Å². The number of nitrogens with two attached hydrogens (primary N) is 1. The summed E-state index contributed by atoms with van der Waals surface area (Å²) in [6.45, 7) is 4.06. The van der Waals surface area contributed by atoms with Crippen molar-refractivity contribution in [2.24, 2.45) is 10.9 Å². The fraction of sp³-hybridized carbons (Fsp3) is 0.300.